The van der Waals surface area contributed by atoms with Crippen molar-refractivity contribution in [2.75, 3.05) is 18.5 Å². The first-order chi connectivity index (χ1) is 7.59. The van der Waals surface area contributed by atoms with Crippen molar-refractivity contribution >= 4 is 23.1 Å². The average molecular weight is 244 g/mol. The van der Waals surface area contributed by atoms with E-state index in [2.05, 4.69) is 10.3 Å². The van der Waals surface area contributed by atoms with E-state index in [4.69, 9.17) is 16.3 Å². The number of hydrogen-bond acceptors (Lipinski definition) is 5. The second-order valence-corrected chi connectivity index (χ2v) is 3.97. The Morgan fingerprint density at radius 3 is 2.88 bits per heavy atom. The highest BCUT2D eigenvalue weighted by Crippen LogP contribution is 2.31. The summed E-state index contributed by atoms with van der Waals surface area (Å²) in [6, 6.07) is 0.0896. The molecule has 1 aromatic rings. The van der Waals surface area contributed by atoms with E-state index in [1.165, 1.54) is 6.20 Å². The number of pyridine rings is 1. The lowest BCUT2D eigenvalue weighted by Crippen LogP contribution is -2.40. The lowest BCUT2D eigenvalue weighted by molar-refractivity contribution is -0.384. The Balaban J connectivity index is 2.35. The maximum absolute atomic E-state index is 10.9. The van der Waals surface area contributed by atoms with Crippen LogP contribution in [0.25, 0.3) is 0 Å². The number of anilines is 1. The molecular weight excluding hydrogens is 234 g/mol. The Kier molecular flexibility index (Phi) is 2.93. The van der Waals surface area contributed by atoms with Crippen LogP contribution in [-0.2, 0) is 4.74 Å². The van der Waals surface area contributed by atoms with E-state index in [1.54, 1.807) is 6.92 Å². The zero-order valence-electron chi connectivity index (χ0n) is 8.57. The highest BCUT2D eigenvalue weighted by molar-refractivity contribution is 6.31. The zero-order valence-corrected chi connectivity index (χ0v) is 9.32. The van der Waals surface area contributed by atoms with Crippen LogP contribution >= 0.6 is 11.6 Å². The molecule has 0 amide bonds. The summed E-state index contributed by atoms with van der Waals surface area (Å²) in [6.45, 7) is 2.69. The number of rotatable bonds is 3. The quantitative estimate of drug-likeness (QED) is 0.647. The average Bonchev–Trinajstić information content (AvgIpc) is 2.16. The van der Waals surface area contributed by atoms with Gasteiger partial charge in [0, 0.05) is 6.20 Å². The summed E-state index contributed by atoms with van der Waals surface area (Å²) in [6.07, 6.45) is 1.41. The van der Waals surface area contributed by atoms with E-state index >= 15 is 0 Å². The highest BCUT2D eigenvalue weighted by atomic mass is 35.5. The number of halogens is 1. The van der Waals surface area contributed by atoms with Crippen molar-refractivity contribution in [3.8, 4) is 0 Å². The zero-order chi connectivity index (χ0) is 11.7. The Labute approximate surface area is 96.7 Å². The third-order valence-electron chi connectivity index (χ3n) is 2.41. The molecule has 1 aliphatic heterocycles. The van der Waals surface area contributed by atoms with E-state index in [-0.39, 0.29) is 17.5 Å². The molecule has 6 nitrogen and oxygen atoms in total. The molecule has 86 valence electrons. The molecule has 2 rings (SSSR count). The van der Waals surface area contributed by atoms with Gasteiger partial charge in [-0.15, -0.1) is 0 Å². The van der Waals surface area contributed by atoms with Crippen LogP contribution in [0.3, 0.4) is 0 Å². The number of nitrogens with one attached hydrogen (secondary N) is 1. The van der Waals surface area contributed by atoms with Gasteiger partial charge < -0.3 is 10.1 Å². The summed E-state index contributed by atoms with van der Waals surface area (Å²) in [5, 5.41) is 14.2. The fraction of sp³-hybridized carbons (Fsp3) is 0.444. The van der Waals surface area contributed by atoms with Crippen molar-refractivity contribution in [1.82, 2.24) is 4.98 Å². The first kappa shape index (κ1) is 11.1. The monoisotopic (exact) mass is 243 g/mol. The standard InChI is InChI=1S/C9H10ClN3O3/c1-5-7(10)2-11-9(8(5)13(14)15)12-6-3-16-4-6/h2,6H,3-4H2,1H3,(H,11,12). The number of ether oxygens (including phenoxy) is 1. The Bertz CT molecular complexity index is 434. The lowest BCUT2D eigenvalue weighted by Gasteiger charge is -2.27. The first-order valence-electron chi connectivity index (χ1n) is 4.73. The van der Waals surface area contributed by atoms with Crippen molar-refractivity contribution in [3.05, 3.63) is 26.9 Å². The van der Waals surface area contributed by atoms with Crippen LogP contribution in [0.4, 0.5) is 11.5 Å². The van der Waals surface area contributed by atoms with Crippen LogP contribution in [0.1, 0.15) is 5.56 Å². The fourth-order valence-electron chi connectivity index (χ4n) is 1.41. The number of aromatic nitrogens is 1. The SMILES string of the molecule is Cc1c(Cl)cnc(NC2COC2)c1[N+](=O)[O-]. The molecule has 1 fully saturated rings. The smallest absolute Gasteiger partial charge is 0.315 e. The summed E-state index contributed by atoms with van der Waals surface area (Å²) in [5.41, 5.74) is 0.351. The molecule has 0 atom stereocenters. The second kappa shape index (κ2) is 4.23. The van der Waals surface area contributed by atoms with Gasteiger partial charge >= 0.3 is 5.69 Å². The molecule has 0 saturated carbocycles. The molecule has 1 aliphatic rings. The van der Waals surface area contributed by atoms with Gasteiger partial charge in [0.05, 0.1) is 34.8 Å². The van der Waals surface area contributed by atoms with E-state index in [1.807, 2.05) is 0 Å². The molecule has 0 unspecified atom stereocenters. The van der Waals surface area contributed by atoms with Crippen LogP contribution in [0.2, 0.25) is 5.02 Å². The molecule has 0 spiro atoms. The van der Waals surface area contributed by atoms with Gasteiger partial charge in [0.1, 0.15) is 0 Å². The lowest BCUT2D eigenvalue weighted by atomic mass is 10.2. The van der Waals surface area contributed by atoms with Gasteiger partial charge in [-0.3, -0.25) is 10.1 Å². The number of nitrogens with zero attached hydrogens (tertiary/aromatic N) is 2. The largest absolute Gasteiger partial charge is 0.377 e. The summed E-state index contributed by atoms with van der Waals surface area (Å²) >= 11 is 5.79. The van der Waals surface area contributed by atoms with Crippen LogP contribution in [0.15, 0.2) is 6.20 Å². The second-order valence-electron chi connectivity index (χ2n) is 3.56. The summed E-state index contributed by atoms with van der Waals surface area (Å²) in [5.74, 6) is 0.250. The topological polar surface area (TPSA) is 77.3 Å². The van der Waals surface area contributed by atoms with Gasteiger partial charge in [-0.2, -0.15) is 0 Å². The van der Waals surface area contributed by atoms with Crippen LogP contribution in [0.5, 0.6) is 0 Å². The Morgan fingerprint density at radius 2 is 2.38 bits per heavy atom. The third kappa shape index (κ3) is 1.94. The molecular formula is C9H10ClN3O3. The van der Waals surface area contributed by atoms with Crippen LogP contribution < -0.4 is 5.32 Å². The van der Waals surface area contributed by atoms with Crippen molar-refractivity contribution < 1.29 is 9.66 Å². The third-order valence-corrected chi connectivity index (χ3v) is 2.79. The molecule has 1 saturated heterocycles. The maximum atomic E-state index is 10.9. The minimum absolute atomic E-state index is 0.0700. The van der Waals surface area contributed by atoms with E-state index in [9.17, 15) is 10.1 Å². The predicted octanol–water partition coefficient (Wildman–Crippen LogP) is 1.76. The van der Waals surface area contributed by atoms with Crippen LogP contribution in [-0.4, -0.2) is 29.2 Å². The first-order valence-corrected chi connectivity index (χ1v) is 5.11. The Hall–Kier alpha value is -1.40. The Morgan fingerprint density at radius 1 is 1.69 bits per heavy atom. The predicted molar refractivity (Wildman–Crippen MR) is 58.9 cm³/mol. The summed E-state index contributed by atoms with van der Waals surface area (Å²) in [7, 11) is 0. The summed E-state index contributed by atoms with van der Waals surface area (Å²) in [4.78, 5) is 14.4. The van der Waals surface area contributed by atoms with Gasteiger partial charge in [0.25, 0.3) is 0 Å². The minimum atomic E-state index is -0.476. The molecule has 1 N–H and O–H groups in total. The molecule has 0 aromatic carbocycles. The number of nitro groups is 1. The highest BCUT2D eigenvalue weighted by Gasteiger charge is 2.26. The molecule has 1 aromatic heterocycles. The van der Waals surface area contributed by atoms with Crippen LogP contribution in [0, 0.1) is 17.0 Å². The van der Waals surface area contributed by atoms with Gasteiger partial charge in [-0.05, 0) is 6.92 Å². The summed E-state index contributed by atoms with van der Waals surface area (Å²) < 4.78 is 4.98. The molecule has 16 heavy (non-hydrogen) atoms. The van der Waals surface area contributed by atoms with Gasteiger partial charge in [0.2, 0.25) is 5.82 Å². The number of hydrogen-bond donors (Lipinski definition) is 1. The van der Waals surface area contributed by atoms with Crippen molar-refractivity contribution in [1.29, 1.82) is 0 Å². The fourth-order valence-corrected chi connectivity index (χ4v) is 1.55. The molecule has 0 bridgehead atoms. The van der Waals surface area contributed by atoms with Gasteiger partial charge in [-0.25, -0.2) is 4.98 Å². The van der Waals surface area contributed by atoms with Gasteiger partial charge in [-0.1, -0.05) is 11.6 Å². The van der Waals surface area contributed by atoms with E-state index in [0.717, 1.165) is 0 Å². The van der Waals surface area contributed by atoms with Crippen molar-refractivity contribution in [3.63, 3.8) is 0 Å². The maximum Gasteiger partial charge on any atom is 0.315 e. The molecule has 0 aliphatic carbocycles. The van der Waals surface area contributed by atoms with Crippen molar-refractivity contribution in [2.45, 2.75) is 13.0 Å². The van der Waals surface area contributed by atoms with E-state index < -0.39 is 4.92 Å². The molecule has 7 heteroatoms. The molecule has 2 heterocycles. The van der Waals surface area contributed by atoms with E-state index in [0.29, 0.717) is 23.8 Å². The molecule has 0 radical (unpaired) electrons. The normalized spacial score (nSPS) is 15.6. The van der Waals surface area contributed by atoms with Crippen molar-refractivity contribution in [2.24, 2.45) is 0 Å². The van der Waals surface area contributed by atoms with Gasteiger partial charge in [0.15, 0.2) is 0 Å². The minimum Gasteiger partial charge on any atom is -0.377 e.